The number of hydrogen-bond donors (Lipinski definition) is 1. The Labute approximate surface area is 110 Å². The summed E-state index contributed by atoms with van der Waals surface area (Å²) in [6, 6.07) is 0.474. The van der Waals surface area contributed by atoms with Crippen molar-refractivity contribution in [3.63, 3.8) is 0 Å². The lowest BCUT2D eigenvalue weighted by Gasteiger charge is -2.42. The molecule has 0 bridgehead atoms. The van der Waals surface area contributed by atoms with E-state index in [0.29, 0.717) is 18.4 Å². The van der Waals surface area contributed by atoms with Crippen molar-refractivity contribution in [2.45, 2.75) is 45.6 Å². The third-order valence-electron chi connectivity index (χ3n) is 4.42. The Hall–Kier alpha value is -0.770. The van der Waals surface area contributed by atoms with Gasteiger partial charge in [-0.05, 0) is 37.5 Å². The summed E-state index contributed by atoms with van der Waals surface area (Å²) in [6.07, 6.45) is 4.57. The molecule has 2 heterocycles. The molecule has 0 radical (unpaired) electrons. The van der Waals surface area contributed by atoms with Crippen LogP contribution in [0.4, 0.5) is 4.79 Å². The summed E-state index contributed by atoms with van der Waals surface area (Å²) in [5, 5.41) is 0. The fourth-order valence-corrected chi connectivity index (χ4v) is 3.27. The van der Waals surface area contributed by atoms with E-state index < -0.39 is 0 Å². The average Bonchev–Trinajstić information content (AvgIpc) is 2.37. The molecule has 4 nitrogen and oxygen atoms in total. The normalized spacial score (nSPS) is 33.6. The molecule has 0 saturated carbocycles. The molecule has 3 unspecified atom stereocenters. The number of urea groups is 1. The van der Waals surface area contributed by atoms with Crippen LogP contribution >= 0.6 is 0 Å². The number of nitrogens with two attached hydrogens (primary N) is 1. The van der Waals surface area contributed by atoms with Crippen molar-refractivity contribution < 1.29 is 4.79 Å². The van der Waals surface area contributed by atoms with Gasteiger partial charge >= 0.3 is 6.03 Å². The molecule has 2 fully saturated rings. The van der Waals surface area contributed by atoms with Gasteiger partial charge in [0.25, 0.3) is 0 Å². The second kappa shape index (κ2) is 5.91. The standard InChI is InChI=1S/C14H27N3O/c1-11-5-7-17(13(8-11)9-15)14(18)16-6-3-4-12(2)10-16/h11-13H,3-10,15H2,1-2H3. The Bertz CT molecular complexity index is 295. The van der Waals surface area contributed by atoms with Crippen molar-refractivity contribution in [2.75, 3.05) is 26.2 Å². The van der Waals surface area contributed by atoms with Crippen LogP contribution < -0.4 is 5.73 Å². The van der Waals surface area contributed by atoms with Crippen LogP contribution in [0.3, 0.4) is 0 Å². The van der Waals surface area contributed by atoms with Crippen molar-refractivity contribution >= 4 is 6.03 Å². The molecule has 2 amide bonds. The van der Waals surface area contributed by atoms with Crippen LogP contribution in [0.2, 0.25) is 0 Å². The van der Waals surface area contributed by atoms with E-state index in [0.717, 1.165) is 38.9 Å². The first-order valence-electron chi connectivity index (χ1n) is 7.37. The van der Waals surface area contributed by atoms with Crippen molar-refractivity contribution in [1.82, 2.24) is 9.80 Å². The molecular formula is C14H27N3O. The van der Waals surface area contributed by atoms with Gasteiger partial charge in [0.1, 0.15) is 0 Å². The zero-order valence-electron chi connectivity index (χ0n) is 11.8. The van der Waals surface area contributed by atoms with E-state index in [1.54, 1.807) is 0 Å². The van der Waals surface area contributed by atoms with Crippen molar-refractivity contribution in [1.29, 1.82) is 0 Å². The highest BCUT2D eigenvalue weighted by Gasteiger charge is 2.32. The van der Waals surface area contributed by atoms with Crippen LogP contribution in [-0.2, 0) is 0 Å². The number of amides is 2. The van der Waals surface area contributed by atoms with E-state index in [4.69, 9.17) is 5.73 Å². The van der Waals surface area contributed by atoms with E-state index in [1.807, 2.05) is 9.80 Å². The van der Waals surface area contributed by atoms with E-state index in [-0.39, 0.29) is 12.1 Å². The third-order valence-corrected chi connectivity index (χ3v) is 4.42. The largest absolute Gasteiger partial charge is 0.328 e. The van der Waals surface area contributed by atoms with E-state index >= 15 is 0 Å². The Balaban J connectivity index is 1.98. The first kappa shape index (κ1) is 13.7. The summed E-state index contributed by atoms with van der Waals surface area (Å²) in [4.78, 5) is 16.6. The van der Waals surface area contributed by atoms with Crippen LogP contribution in [-0.4, -0.2) is 48.1 Å². The van der Waals surface area contributed by atoms with Crippen molar-refractivity contribution in [3.8, 4) is 0 Å². The SMILES string of the molecule is CC1CCN(C(=O)N2CCCC(C)C2)C(CN)C1. The third kappa shape index (κ3) is 2.97. The quantitative estimate of drug-likeness (QED) is 0.776. The molecule has 2 aliphatic rings. The number of rotatable bonds is 1. The molecule has 18 heavy (non-hydrogen) atoms. The van der Waals surface area contributed by atoms with Gasteiger partial charge in [0, 0.05) is 32.2 Å². The lowest BCUT2D eigenvalue weighted by atomic mass is 9.92. The fourth-order valence-electron chi connectivity index (χ4n) is 3.27. The number of piperidine rings is 2. The number of carbonyl (C=O) groups excluding carboxylic acids is 1. The Morgan fingerprint density at radius 1 is 1.22 bits per heavy atom. The van der Waals surface area contributed by atoms with Crippen molar-refractivity contribution in [3.05, 3.63) is 0 Å². The van der Waals surface area contributed by atoms with Gasteiger partial charge in [-0.3, -0.25) is 0 Å². The van der Waals surface area contributed by atoms with Crippen LogP contribution in [0.1, 0.15) is 39.5 Å². The Morgan fingerprint density at radius 2 is 2.00 bits per heavy atom. The lowest BCUT2D eigenvalue weighted by Crippen LogP contribution is -2.55. The van der Waals surface area contributed by atoms with Gasteiger partial charge in [-0.15, -0.1) is 0 Å². The maximum Gasteiger partial charge on any atom is 0.320 e. The van der Waals surface area contributed by atoms with Gasteiger partial charge in [-0.25, -0.2) is 4.79 Å². The maximum atomic E-state index is 12.6. The molecule has 0 aromatic rings. The highest BCUT2D eigenvalue weighted by atomic mass is 16.2. The molecule has 2 aliphatic heterocycles. The monoisotopic (exact) mass is 253 g/mol. The van der Waals surface area contributed by atoms with Crippen LogP contribution in [0.5, 0.6) is 0 Å². The van der Waals surface area contributed by atoms with Gasteiger partial charge in [0.2, 0.25) is 0 Å². The van der Waals surface area contributed by atoms with E-state index in [1.165, 1.54) is 6.42 Å². The summed E-state index contributed by atoms with van der Waals surface area (Å²) >= 11 is 0. The molecule has 2 saturated heterocycles. The highest BCUT2D eigenvalue weighted by molar-refractivity contribution is 5.75. The molecule has 104 valence electrons. The molecule has 0 aromatic carbocycles. The minimum absolute atomic E-state index is 0.226. The molecule has 2 N–H and O–H groups in total. The lowest BCUT2D eigenvalue weighted by molar-refractivity contribution is 0.0909. The number of likely N-dealkylation sites (tertiary alicyclic amines) is 2. The first-order valence-corrected chi connectivity index (χ1v) is 7.37. The average molecular weight is 253 g/mol. The molecule has 0 aliphatic carbocycles. The van der Waals surface area contributed by atoms with Gasteiger partial charge in [-0.1, -0.05) is 13.8 Å². The summed E-state index contributed by atoms with van der Waals surface area (Å²) in [5.74, 6) is 1.34. The second-order valence-electron chi connectivity index (χ2n) is 6.19. The zero-order chi connectivity index (χ0) is 13.1. The second-order valence-corrected chi connectivity index (χ2v) is 6.19. The zero-order valence-corrected chi connectivity index (χ0v) is 11.8. The molecule has 4 heteroatoms. The Kier molecular flexibility index (Phi) is 4.49. The van der Waals surface area contributed by atoms with Crippen LogP contribution in [0.25, 0.3) is 0 Å². The van der Waals surface area contributed by atoms with Gasteiger partial charge in [-0.2, -0.15) is 0 Å². The topological polar surface area (TPSA) is 49.6 Å². The summed E-state index contributed by atoms with van der Waals surface area (Å²) in [7, 11) is 0. The smallest absolute Gasteiger partial charge is 0.320 e. The molecule has 3 atom stereocenters. The number of nitrogens with zero attached hydrogens (tertiary/aromatic N) is 2. The van der Waals surface area contributed by atoms with E-state index in [2.05, 4.69) is 13.8 Å². The minimum Gasteiger partial charge on any atom is -0.328 e. The predicted molar refractivity (Wildman–Crippen MR) is 73.3 cm³/mol. The van der Waals surface area contributed by atoms with Crippen LogP contribution in [0, 0.1) is 11.8 Å². The van der Waals surface area contributed by atoms with Gasteiger partial charge in [0.05, 0.1) is 0 Å². The summed E-state index contributed by atoms with van der Waals surface area (Å²) in [5.41, 5.74) is 5.84. The number of hydrogen-bond acceptors (Lipinski definition) is 2. The van der Waals surface area contributed by atoms with Gasteiger partial charge < -0.3 is 15.5 Å². The summed E-state index contributed by atoms with van der Waals surface area (Å²) in [6.45, 7) is 7.81. The number of carbonyl (C=O) groups is 1. The van der Waals surface area contributed by atoms with Crippen LogP contribution in [0.15, 0.2) is 0 Å². The first-order chi connectivity index (χ1) is 8.61. The minimum atomic E-state index is 0.226. The molecule has 0 spiro atoms. The Morgan fingerprint density at radius 3 is 2.67 bits per heavy atom. The molecule has 2 rings (SSSR count). The molecule has 0 aromatic heterocycles. The van der Waals surface area contributed by atoms with Gasteiger partial charge in [0.15, 0.2) is 0 Å². The highest BCUT2D eigenvalue weighted by Crippen LogP contribution is 2.24. The van der Waals surface area contributed by atoms with E-state index in [9.17, 15) is 4.79 Å². The maximum absolute atomic E-state index is 12.6. The molecular weight excluding hydrogens is 226 g/mol. The van der Waals surface area contributed by atoms with Crippen molar-refractivity contribution in [2.24, 2.45) is 17.6 Å². The predicted octanol–water partition coefficient (Wildman–Crippen LogP) is 1.90. The summed E-state index contributed by atoms with van der Waals surface area (Å²) < 4.78 is 0. The fraction of sp³-hybridized carbons (Fsp3) is 0.929.